The van der Waals surface area contributed by atoms with Crippen LogP contribution in [0.25, 0.3) is 0 Å². The van der Waals surface area contributed by atoms with Gasteiger partial charge in [0, 0.05) is 5.92 Å². The van der Waals surface area contributed by atoms with Crippen molar-refractivity contribution in [3.8, 4) is 0 Å². The Kier molecular flexibility index (Phi) is 3.22. The lowest BCUT2D eigenvalue weighted by molar-refractivity contribution is 0.310. The van der Waals surface area contributed by atoms with Gasteiger partial charge in [-0.25, -0.2) is 0 Å². The average molecular weight is 193 g/mol. The first-order chi connectivity index (χ1) is 6.92. The van der Waals surface area contributed by atoms with Crippen LogP contribution in [0.2, 0.25) is 0 Å². The molecule has 0 amide bonds. The minimum Gasteiger partial charge on any atom is -0.411 e. The molecule has 1 atom stereocenters. The van der Waals surface area contributed by atoms with Gasteiger partial charge in [0.15, 0.2) is 0 Å². The zero-order valence-corrected chi connectivity index (χ0v) is 8.71. The van der Waals surface area contributed by atoms with Crippen LogP contribution in [-0.4, -0.2) is 10.9 Å². The van der Waals surface area contributed by atoms with Crippen molar-refractivity contribution < 1.29 is 5.21 Å². The fourth-order valence-corrected chi connectivity index (χ4v) is 2.69. The molecular weight excluding hydrogens is 174 g/mol. The van der Waals surface area contributed by atoms with Crippen molar-refractivity contribution in [1.29, 1.82) is 0 Å². The molecule has 2 heteroatoms. The minimum atomic E-state index is 0.481. The van der Waals surface area contributed by atoms with Gasteiger partial charge in [0.05, 0.1) is 5.71 Å². The molecule has 0 radical (unpaired) electrons. The van der Waals surface area contributed by atoms with E-state index in [0.29, 0.717) is 5.92 Å². The number of hydrogen-bond donors (Lipinski definition) is 1. The number of allylic oxidation sites excluding steroid dienone is 2. The van der Waals surface area contributed by atoms with Gasteiger partial charge in [0.1, 0.15) is 0 Å². The maximum atomic E-state index is 8.95. The molecule has 0 saturated heterocycles. The first kappa shape index (κ1) is 9.75. The van der Waals surface area contributed by atoms with Crippen LogP contribution in [0, 0.1) is 5.92 Å². The third-order valence-electron chi connectivity index (χ3n) is 3.48. The Morgan fingerprint density at radius 3 is 2.71 bits per heavy atom. The average Bonchev–Trinajstić information content (AvgIpc) is 2.30. The molecule has 0 spiro atoms. The molecule has 2 rings (SSSR count). The van der Waals surface area contributed by atoms with E-state index in [1.54, 1.807) is 5.57 Å². The molecule has 0 heterocycles. The first-order valence-electron chi connectivity index (χ1n) is 5.81. The zero-order valence-electron chi connectivity index (χ0n) is 8.71. The second kappa shape index (κ2) is 4.63. The molecule has 2 aliphatic rings. The summed E-state index contributed by atoms with van der Waals surface area (Å²) in [6.07, 6.45) is 12.2. The highest BCUT2D eigenvalue weighted by molar-refractivity contribution is 5.89. The SMILES string of the molecule is O/N=C1\CCCC[C@H]1C1=CCCCC1. The normalized spacial score (nSPS) is 31.6. The van der Waals surface area contributed by atoms with Gasteiger partial charge in [-0.05, 0) is 44.9 Å². The van der Waals surface area contributed by atoms with Crippen LogP contribution >= 0.6 is 0 Å². The topological polar surface area (TPSA) is 32.6 Å². The lowest BCUT2D eigenvalue weighted by atomic mass is 9.78. The highest BCUT2D eigenvalue weighted by Crippen LogP contribution is 2.33. The lowest BCUT2D eigenvalue weighted by Gasteiger charge is -2.27. The summed E-state index contributed by atoms with van der Waals surface area (Å²) in [5.74, 6) is 0.481. The van der Waals surface area contributed by atoms with Crippen LogP contribution < -0.4 is 0 Å². The molecule has 1 fully saturated rings. The van der Waals surface area contributed by atoms with Crippen LogP contribution in [0.4, 0.5) is 0 Å². The summed E-state index contributed by atoms with van der Waals surface area (Å²) in [6, 6.07) is 0. The van der Waals surface area contributed by atoms with Crippen molar-refractivity contribution in [3.05, 3.63) is 11.6 Å². The van der Waals surface area contributed by atoms with E-state index >= 15 is 0 Å². The fraction of sp³-hybridized carbons (Fsp3) is 0.750. The molecular formula is C12H19NO. The van der Waals surface area contributed by atoms with Crippen molar-refractivity contribution >= 4 is 5.71 Å². The molecule has 0 aromatic rings. The van der Waals surface area contributed by atoms with Crippen LogP contribution in [-0.2, 0) is 0 Å². The van der Waals surface area contributed by atoms with E-state index in [9.17, 15) is 0 Å². The van der Waals surface area contributed by atoms with Crippen molar-refractivity contribution in [2.24, 2.45) is 11.1 Å². The maximum absolute atomic E-state index is 8.95. The van der Waals surface area contributed by atoms with E-state index in [4.69, 9.17) is 5.21 Å². The molecule has 1 saturated carbocycles. The predicted molar refractivity (Wildman–Crippen MR) is 57.7 cm³/mol. The van der Waals surface area contributed by atoms with Gasteiger partial charge in [-0.15, -0.1) is 0 Å². The lowest BCUT2D eigenvalue weighted by Crippen LogP contribution is -2.22. The Balaban J connectivity index is 2.10. The van der Waals surface area contributed by atoms with E-state index in [1.807, 2.05) is 0 Å². The Morgan fingerprint density at radius 1 is 1.14 bits per heavy atom. The predicted octanol–water partition coefficient (Wildman–Crippen LogP) is 3.51. The number of rotatable bonds is 1. The Bertz CT molecular complexity index is 255. The number of hydrogen-bond acceptors (Lipinski definition) is 2. The van der Waals surface area contributed by atoms with Gasteiger partial charge >= 0.3 is 0 Å². The Labute approximate surface area is 85.7 Å². The van der Waals surface area contributed by atoms with E-state index in [-0.39, 0.29) is 0 Å². The second-order valence-corrected chi connectivity index (χ2v) is 4.41. The smallest absolute Gasteiger partial charge is 0.0641 e. The Morgan fingerprint density at radius 2 is 2.00 bits per heavy atom. The summed E-state index contributed by atoms with van der Waals surface area (Å²) in [7, 11) is 0. The summed E-state index contributed by atoms with van der Waals surface area (Å²) in [5, 5.41) is 12.4. The van der Waals surface area contributed by atoms with Gasteiger partial charge in [0.2, 0.25) is 0 Å². The zero-order chi connectivity index (χ0) is 9.80. The maximum Gasteiger partial charge on any atom is 0.0641 e. The van der Waals surface area contributed by atoms with E-state index in [0.717, 1.165) is 12.1 Å². The van der Waals surface area contributed by atoms with Crippen LogP contribution in [0.5, 0.6) is 0 Å². The van der Waals surface area contributed by atoms with Gasteiger partial charge in [-0.3, -0.25) is 0 Å². The molecule has 0 aromatic carbocycles. The summed E-state index contributed by atoms with van der Waals surface area (Å²) < 4.78 is 0. The van der Waals surface area contributed by atoms with Crippen molar-refractivity contribution in [1.82, 2.24) is 0 Å². The third kappa shape index (κ3) is 1.99. The quantitative estimate of drug-likeness (QED) is 0.386. The van der Waals surface area contributed by atoms with Crippen molar-refractivity contribution in [2.75, 3.05) is 0 Å². The molecule has 0 bridgehead atoms. The second-order valence-electron chi connectivity index (χ2n) is 4.41. The van der Waals surface area contributed by atoms with Gasteiger partial charge in [-0.1, -0.05) is 23.2 Å². The molecule has 0 aromatic heterocycles. The van der Waals surface area contributed by atoms with Crippen molar-refractivity contribution in [3.63, 3.8) is 0 Å². The van der Waals surface area contributed by atoms with Crippen LogP contribution in [0.1, 0.15) is 51.4 Å². The molecule has 2 nitrogen and oxygen atoms in total. The number of nitrogens with zero attached hydrogens (tertiary/aromatic N) is 1. The molecule has 14 heavy (non-hydrogen) atoms. The van der Waals surface area contributed by atoms with E-state index < -0.39 is 0 Å². The fourth-order valence-electron chi connectivity index (χ4n) is 2.69. The summed E-state index contributed by atoms with van der Waals surface area (Å²) in [6.45, 7) is 0. The molecule has 0 unspecified atom stereocenters. The third-order valence-corrected chi connectivity index (χ3v) is 3.48. The number of oxime groups is 1. The van der Waals surface area contributed by atoms with Crippen LogP contribution in [0.15, 0.2) is 16.8 Å². The minimum absolute atomic E-state index is 0.481. The summed E-state index contributed by atoms with van der Waals surface area (Å²) in [4.78, 5) is 0. The standard InChI is InChI=1S/C12H19NO/c14-13-12-9-5-4-8-11(12)10-6-2-1-3-7-10/h6,11,14H,1-5,7-9H2/b13-12+/t11-/m0/s1. The molecule has 0 aliphatic heterocycles. The van der Waals surface area contributed by atoms with Gasteiger partial charge < -0.3 is 5.21 Å². The van der Waals surface area contributed by atoms with E-state index in [2.05, 4.69) is 11.2 Å². The van der Waals surface area contributed by atoms with E-state index in [1.165, 1.54) is 44.9 Å². The van der Waals surface area contributed by atoms with Gasteiger partial charge in [-0.2, -0.15) is 0 Å². The molecule has 1 N–H and O–H groups in total. The van der Waals surface area contributed by atoms with Gasteiger partial charge in [0.25, 0.3) is 0 Å². The van der Waals surface area contributed by atoms with Crippen molar-refractivity contribution in [2.45, 2.75) is 51.4 Å². The largest absolute Gasteiger partial charge is 0.411 e. The summed E-state index contributed by atoms with van der Waals surface area (Å²) in [5.41, 5.74) is 2.58. The first-order valence-corrected chi connectivity index (χ1v) is 5.81. The van der Waals surface area contributed by atoms with Crippen LogP contribution in [0.3, 0.4) is 0 Å². The Hall–Kier alpha value is -0.790. The monoisotopic (exact) mass is 193 g/mol. The molecule has 2 aliphatic carbocycles. The summed E-state index contributed by atoms with van der Waals surface area (Å²) >= 11 is 0. The highest BCUT2D eigenvalue weighted by atomic mass is 16.4. The highest BCUT2D eigenvalue weighted by Gasteiger charge is 2.24. The molecule has 78 valence electrons.